The zero-order valence-corrected chi connectivity index (χ0v) is 11.6. The first-order valence-corrected chi connectivity index (χ1v) is 7.75. The number of anilines is 1. The van der Waals surface area contributed by atoms with Crippen molar-refractivity contribution in [3.05, 3.63) is 30.3 Å². The maximum atomic E-state index is 5.94. The van der Waals surface area contributed by atoms with E-state index in [4.69, 9.17) is 5.73 Å². The predicted molar refractivity (Wildman–Crippen MR) is 81.2 cm³/mol. The zero-order chi connectivity index (χ0) is 12.8. The third-order valence-corrected chi connectivity index (χ3v) is 4.48. The van der Waals surface area contributed by atoms with Crippen molar-refractivity contribution in [1.82, 2.24) is 0 Å². The molecule has 0 aliphatic heterocycles. The van der Waals surface area contributed by atoms with Crippen LogP contribution in [0, 0.1) is 0 Å². The fraction of sp³-hybridized carbons (Fsp3) is 0.500. The van der Waals surface area contributed by atoms with E-state index in [1.54, 1.807) is 0 Å². The van der Waals surface area contributed by atoms with Crippen LogP contribution in [-0.4, -0.2) is 23.5 Å². The maximum Gasteiger partial charge on any atom is 0.193 e. The number of guanidine groups is 1. The number of nitrogens with one attached hydrogen (secondary N) is 1. The molecular formula is C14H21N3S. The highest BCUT2D eigenvalue weighted by molar-refractivity contribution is 7.99. The van der Waals surface area contributed by atoms with Crippen LogP contribution in [0.25, 0.3) is 0 Å². The molecule has 0 atom stereocenters. The van der Waals surface area contributed by atoms with Crippen molar-refractivity contribution in [3.8, 4) is 0 Å². The van der Waals surface area contributed by atoms with E-state index in [0.29, 0.717) is 12.0 Å². The van der Waals surface area contributed by atoms with E-state index >= 15 is 0 Å². The third-order valence-electron chi connectivity index (χ3n) is 3.34. The van der Waals surface area contributed by atoms with Gasteiger partial charge in [0.25, 0.3) is 0 Å². The molecule has 0 unspecified atom stereocenters. The first-order valence-electron chi connectivity index (χ1n) is 6.46. The number of rotatable bonds is 3. The van der Waals surface area contributed by atoms with Crippen LogP contribution in [0.2, 0.25) is 0 Å². The number of para-hydroxylation sites is 1. The van der Waals surface area contributed by atoms with Crippen molar-refractivity contribution in [2.24, 2.45) is 10.7 Å². The van der Waals surface area contributed by atoms with Crippen LogP contribution < -0.4 is 11.1 Å². The normalized spacial score (nSPS) is 24.8. The predicted octanol–water partition coefficient (Wildman–Crippen LogP) is 3.09. The van der Waals surface area contributed by atoms with Gasteiger partial charge in [0.1, 0.15) is 0 Å². The van der Waals surface area contributed by atoms with Gasteiger partial charge in [-0.05, 0) is 44.1 Å². The van der Waals surface area contributed by atoms with Gasteiger partial charge in [0, 0.05) is 10.9 Å². The fourth-order valence-electron chi connectivity index (χ4n) is 2.31. The average molecular weight is 263 g/mol. The van der Waals surface area contributed by atoms with Crippen molar-refractivity contribution < 1.29 is 0 Å². The monoisotopic (exact) mass is 263 g/mol. The van der Waals surface area contributed by atoms with Gasteiger partial charge >= 0.3 is 0 Å². The summed E-state index contributed by atoms with van der Waals surface area (Å²) in [6.07, 6.45) is 7.02. The Morgan fingerprint density at radius 3 is 2.50 bits per heavy atom. The van der Waals surface area contributed by atoms with Gasteiger partial charge in [0.15, 0.2) is 5.96 Å². The van der Waals surface area contributed by atoms with E-state index < -0.39 is 0 Å². The van der Waals surface area contributed by atoms with Crippen molar-refractivity contribution in [1.29, 1.82) is 0 Å². The maximum absolute atomic E-state index is 5.94. The Bertz CT molecular complexity index is 383. The highest BCUT2D eigenvalue weighted by Crippen LogP contribution is 2.28. The van der Waals surface area contributed by atoms with Crippen LogP contribution in [-0.2, 0) is 0 Å². The molecule has 1 aromatic rings. The molecule has 1 saturated carbocycles. The summed E-state index contributed by atoms with van der Waals surface area (Å²) < 4.78 is 0. The molecule has 0 heterocycles. The fourth-order valence-corrected chi connectivity index (χ4v) is 3.05. The molecule has 0 aromatic heterocycles. The molecule has 1 fully saturated rings. The number of hydrogen-bond acceptors (Lipinski definition) is 2. The molecule has 1 aromatic carbocycles. The van der Waals surface area contributed by atoms with Crippen LogP contribution in [0.3, 0.4) is 0 Å². The number of hydrogen-bond donors (Lipinski definition) is 2. The minimum absolute atomic E-state index is 0.393. The smallest absolute Gasteiger partial charge is 0.193 e. The van der Waals surface area contributed by atoms with E-state index in [1.165, 1.54) is 12.8 Å². The highest BCUT2D eigenvalue weighted by atomic mass is 32.2. The molecule has 98 valence electrons. The van der Waals surface area contributed by atoms with E-state index in [2.05, 4.69) is 16.6 Å². The summed E-state index contributed by atoms with van der Waals surface area (Å²) in [5.74, 6) is 0.536. The third kappa shape index (κ3) is 3.95. The number of benzene rings is 1. The second-order valence-corrected chi connectivity index (χ2v) is 5.81. The Kier molecular flexibility index (Phi) is 4.93. The van der Waals surface area contributed by atoms with Crippen molar-refractivity contribution >= 4 is 23.4 Å². The Hall–Kier alpha value is -1.16. The minimum atomic E-state index is 0.393. The van der Waals surface area contributed by atoms with Gasteiger partial charge in [-0.25, -0.2) is 4.99 Å². The van der Waals surface area contributed by atoms with Crippen LogP contribution >= 0.6 is 11.8 Å². The van der Waals surface area contributed by atoms with Gasteiger partial charge in [0.2, 0.25) is 0 Å². The molecule has 1 aliphatic rings. The van der Waals surface area contributed by atoms with Gasteiger partial charge in [-0.15, -0.1) is 0 Å². The second kappa shape index (κ2) is 6.69. The molecule has 1 aliphatic carbocycles. The van der Waals surface area contributed by atoms with Crippen LogP contribution in [0.1, 0.15) is 25.7 Å². The summed E-state index contributed by atoms with van der Waals surface area (Å²) in [4.78, 5) is 4.57. The Labute approximate surface area is 113 Å². The molecule has 18 heavy (non-hydrogen) atoms. The molecule has 0 radical (unpaired) electrons. The Morgan fingerprint density at radius 2 is 1.89 bits per heavy atom. The van der Waals surface area contributed by atoms with Gasteiger partial charge in [0.05, 0.1) is 6.04 Å². The molecule has 3 nitrogen and oxygen atoms in total. The molecule has 0 amide bonds. The average Bonchev–Trinajstić information content (AvgIpc) is 2.40. The molecule has 0 spiro atoms. The van der Waals surface area contributed by atoms with Crippen molar-refractivity contribution in [3.63, 3.8) is 0 Å². The van der Waals surface area contributed by atoms with Gasteiger partial charge in [-0.1, -0.05) is 18.2 Å². The highest BCUT2D eigenvalue weighted by Gasteiger charge is 2.19. The van der Waals surface area contributed by atoms with Gasteiger partial charge in [-0.2, -0.15) is 11.8 Å². The summed E-state index contributed by atoms with van der Waals surface area (Å²) >= 11 is 1.97. The Balaban J connectivity index is 1.86. The lowest BCUT2D eigenvalue weighted by Crippen LogP contribution is -2.27. The molecule has 0 bridgehead atoms. The number of thioether (sulfide) groups is 1. The second-order valence-electron chi connectivity index (χ2n) is 4.67. The topological polar surface area (TPSA) is 50.4 Å². The molecule has 0 saturated heterocycles. The quantitative estimate of drug-likeness (QED) is 0.651. The first-order chi connectivity index (χ1) is 8.78. The molecule has 3 N–H and O–H groups in total. The minimum Gasteiger partial charge on any atom is -0.370 e. The lowest BCUT2D eigenvalue weighted by Gasteiger charge is -2.25. The number of aliphatic imine (C=N–C) groups is 1. The van der Waals surface area contributed by atoms with E-state index in [9.17, 15) is 0 Å². The summed E-state index contributed by atoms with van der Waals surface area (Å²) in [5.41, 5.74) is 6.93. The molecular weight excluding hydrogens is 242 g/mol. The van der Waals surface area contributed by atoms with E-state index in [-0.39, 0.29) is 0 Å². The summed E-state index contributed by atoms with van der Waals surface area (Å²) in [6.45, 7) is 0. The van der Waals surface area contributed by atoms with Gasteiger partial charge in [-0.3, -0.25) is 0 Å². The Morgan fingerprint density at radius 1 is 1.22 bits per heavy atom. The first kappa shape index (κ1) is 13.3. The van der Waals surface area contributed by atoms with Gasteiger partial charge < -0.3 is 11.1 Å². The number of nitrogens with zero attached hydrogens (tertiary/aromatic N) is 1. The number of nitrogens with two attached hydrogens (primary N) is 1. The molecule has 2 rings (SSSR count). The van der Waals surface area contributed by atoms with Crippen molar-refractivity contribution in [2.75, 3.05) is 11.6 Å². The van der Waals surface area contributed by atoms with Crippen LogP contribution in [0.4, 0.5) is 5.69 Å². The van der Waals surface area contributed by atoms with Crippen LogP contribution in [0.15, 0.2) is 35.3 Å². The largest absolute Gasteiger partial charge is 0.370 e. The van der Waals surface area contributed by atoms with E-state index in [1.807, 2.05) is 42.1 Å². The molecule has 4 heteroatoms. The summed E-state index contributed by atoms with van der Waals surface area (Å²) in [7, 11) is 0. The zero-order valence-electron chi connectivity index (χ0n) is 10.8. The summed E-state index contributed by atoms with van der Waals surface area (Å²) in [5, 5.41) is 3.96. The summed E-state index contributed by atoms with van der Waals surface area (Å²) in [6, 6.07) is 10.3. The standard InChI is InChI=1S/C14H21N3S/c1-18-13-9-7-12(8-10-13)17-14(15)16-11-5-3-2-4-6-11/h2-6,12-13H,7-10H2,1H3,(H3,15,16,17). The SMILES string of the molecule is CSC1CCC(N=C(N)Nc2ccccc2)CC1. The lowest BCUT2D eigenvalue weighted by molar-refractivity contribution is 0.453. The lowest BCUT2D eigenvalue weighted by atomic mass is 9.95. The van der Waals surface area contributed by atoms with Crippen molar-refractivity contribution in [2.45, 2.75) is 37.0 Å². The van der Waals surface area contributed by atoms with Crippen LogP contribution in [0.5, 0.6) is 0 Å². The van der Waals surface area contributed by atoms with E-state index in [0.717, 1.165) is 23.8 Å².